The topological polar surface area (TPSA) is 120 Å². The molecule has 1 fully saturated rings. The van der Waals surface area contributed by atoms with Gasteiger partial charge in [0.15, 0.2) is 5.82 Å². The van der Waals surface area contributed by atoms with Gasteiger partial charge in [0.1, 0.15) is 5.02 Å². The van der Waals surface area contributed by atoms with E-state index in [0.29, 0.717) is 35.4 Å². The fourth-order valence-corrected chi connectivity index (χ4v) is 5.85. The van der Waals surface area contributed by atoms with Crippen LogP contribution in [0.5, 0.6) is 0 Å². The number of halogens is 1. The van der Waals surface area contributed by atoms with Crippen LogP contribution in [0.1, 0.15) is 49.9 Å². The van der Waals surface area contributed by atoms with Crippen molar-refractivity contribution in [3.05, 3.63) is 35.0 Å². The maximum atomic E-state index is 13.0. The second-order valence-corrected chi connectivity index (χ2v) is 11.4. The van der Waals surface area contributed by atoms with Crippen LogP contribution in [0.3, 0.4) is 0 Å². The first kappa shape index (κ1) is 26.4. The zero-order valence-electron chi connectivity index (χ0n) is 20.9. The summed E-state index contributed by atoms with van der Waals surface area (Å²) in [5, 5.41) is 6.92. The number of carbonyl (C=O) groups excluding carboxylic acids is 1. The predicted molar refractivity (Wildman–Crippen MR) is 144 cm³/mol. The van der Waals surface area contributed by atoms with Crippen molar-refractivity contribution < 1.29 is 13.2 Å². The summed E-state index contributed by atoms with van der Waals surface area (Å²) in [5.74, 6) is 0.831. The Morgan fingerprint density at radius 1 is 1.08 bits per heavy atom. The van der Waals surface area contributed by atoms with Crippen LogP contribution in [0.2, 0.25) is 5.02 Å². The summed E-state index contributed by atoms with van der Waals surface area (Å²) in [6.45, 7) is 6.98. The molecule has 36 heavy (non-hydrogen) atoms. The fourth-order valence-electron chi connectivity index (χ4n) is 4.87. The van der Waals surface area contributed by atoms with Crippen LogP contribution >= 0.6 is 11.6 Å². The van der Waals surface area contributed by atoms with E-state index in [4.69, 9.17) is 11.6 Å². The number of benzene rings is 1. The fraction of sp³-hybridized carbons (Fsp3) is 0.542. The number of nitrogens with zero attached hydrogens (tertiary/aromatic N) is 4. The third kappa shape index (κ3) is 6.19. The first-order valence-electron chi connectivity index (χ1n) is 12.4. The first-order valence-corrected chi connectivity index (χ1v) is 14.7. The van der Waals surface area contributed by atoms with Crippen molar-refractivity contribution in [2.75, 3.05) is 48.0 Å². The molecule has 12 heteroatoms. The Kier molecular flexibility index (Phi) is 8.21. The Hall–Kier alpha value is -2.63. The van der Waals surface area contributed by atoms with Gasteiger partial charge < -0.3 is 20.4 Å². The van der Waals surface area contributed by atoms with E-state index in [0.717, 1.165) is 50.1 Å². The van der Waals surface area contributed by atoms with E-state index in [2.05, 4.69) is 37.1 Å². The average molecular weight is 536 g/mol. The summed E-state index contributed by atoms with van der Waals surface area (Å²) in [7, 11) is -3.33. The zero-order chi connectivity index (χ0) is 25.9. The molecule has 1 aromatic heterocycles. The summed E-state index contributed by atoms with van der Waals surface area (Å²) in [6, 6.07) is 5.28. The van der Waals surface area contributed by atoms with Crippen LogP contribution in [0, 0.1) is 0 Å². The highest BCUT2D eigenvalue weighted by Gasteiger charge is 2.29. The second kappa shape index (κ2) is 11.2. The predicted octanol–water partition coefficient (Wildman–Crippen LogP) is 3.45. The van der Waals surface area contributed by atoms with Crippen molar-refractivity contribution in [3.63, 3.8) is 0 Å². The van der Waals surface area contributed by atoms with Gasteiger partial charge in [0.05, 0.1) is 23.7 Å². The minimum absolute atomic E-state index is 0.0361. The van der Waals surface area contributed by atoms with Crippen LogP contribution in [-0.2, 0) is 10.0 Å². The van der Waals surface area contributed by atoms with E-state index >= 15 is 0 Å². The lowest BCUT2D eigenvalue weighted by atomic mass is 9.91. The van der Waals surface area contributed by atoms with Crippen molar-refractivity contribution in [1.29, 1.82) is 0 Å². The lowest BCUT2D eigenvalue weighted by molar-refractivity contribution is 0.0775. The molecule has 1 aromatic carbocycles. The van der Waals surface area contributed by atoms with E-state index in [-0.39, 0.29) is 18.0 Å². The van der Waals surface area contributed by atoms with E-state index in [1.165, 1.54) is 12.5 Å². The molecule has 4 rings (SSSR count). The van der Waals surface area contributed by atoms with Crippen molar-refractivity contribution in [1.82, 2.24) is 19.6 Å². The summed E-state index contributed by atoms with van der Waals surface area (Å²) >= 11 is 6.39. The van der Waals surface area contributed by atoms with Gasteiger partial charge in [0.25, 0.3) is 5.91 Å². The van der Waals surface area contributed by atoms with Gasteiger partial charge in [0.2, 0.25) is 16.0 Å². The number of hydrogen-bond donors (Lipinski definition) is 3. The largest absolute Gasteiger partial charge is 0.369 e. The van der Waals surface area contributed by atoms with E-state index in [9.17, 15) is 13.2 Å². The Bertz CT molecular complexity index is 1210. The molecule has 1 amide bonds. The molecule has 0 spiro atoms. The average Bonchev–Trinajstić information content (AvgIpc) is 2.97. The molecule has 2 aromatic rings. The summed E-state index contributed by atoms with van der Waals surface area (Å²) < 4.78 is 26.4. The van der Waals surface area contributed by atoms with Crippen molar-refractivity contribution >= 4 is 50.7 Å². The molecule has 0 unspecified atom stereocenters. The van der Waals surface area contributed by atoms with Gasteiger partial charge in [0, 0.05) is 44.0 Å². The Balaban J connectivity index is 1.56. The van der Waals surface area contributed by atoms with Crippen molar-refractivity contribution in [3.8, 4) is 0 Å². The monoisotopic (exact) mass is 535 g/mol. The van der Waals surface area contributed by atoms with Gasteiger partial charge in [-0.25, -0.2) is 18.1 Å². The van der Waals surface area contributed by atoms with Gasteiger partial charge in [-0.15, -0.1) is 0 Å². The molecule has 0 bridgehead atoms. The number of amides is 1. The number of sulfonamides is 1. The van der Waals surface area contributed by atoms with Crippen LogP contribution in [0.4, 0.5) is 23.1 Å². The first-order chi connectivity index (χ1) is 17.2. The molecule has 2 heterocycles. The smallest absolute Gasteiger partial charge is 0.256 e. The SMILES string of the molecule is CCN1CCN(CC)c2cc(Nc3ncc(Cl)c(N[C@@H]4CCCC[C@H]4NS(C)(=O)=O)n3)ccc2C1=O. The van der Waals surface area contributed by atoms with Gasteiger partial charge in [-0.2, -0.15) is 4.98 Å². The molecule has 1 aliphatic heterocycles. The van der Waals surface area contributed by atoms with Crippen molar-refractivity contribution in [2.24, 2.45) is 0 Å². The van der Waals surface area contributed by atoms with Crippen LogP contribution in [0.25, 0.3) is 0 Å². The molecular weight excluding hydrogens is 502 g/mol. The maximum absolute atomic E-state index is 13.0. The number of fused-ring (bicyclic) bond motifs is 1. The Morgan fingerprint density at radius 3 is 2.47 bits per heavy atom. The highest BCUT2D eigenvalue weighted by atomic mass is 35.5. The third-order valence-corrected chi connectivity index (χ3v) is 7.72. The number of rotatable bonds is 8. The minimum Gasteiger partial charge on any atom is -0.369 e. The molecule has 0 saturated heterocycles. The van der Waals surface area contributed by atoms with Gasteiger partial charge in [-0.3, -0.25) is 4.79 Å². The molecule has 1 saturated carbocycles. The molecule has 2 atom stereocenters. The third-order valence-electron chi connectivity index (χ3n) is 6.71. The standard InChI is InChI=1S/C24H34ClN7O3S/c1-4-31-12-13-32(5-2)23(33)17-11-10-16(14-21(17)31)27-24-26-15-18(25)22(29-24)28-19-8-6-7-9-20(19)30-36(3,34)35/h10-11,14-15,19-20,30H,4-9,12-13H2,1-3H3,(H2,26,27,28,29)/t19-,20-/m1/s1. The molecule has 2 aliphatic rings. The van der Waals surface area contributed by atoms with E-state index in [1.54, 1.807) is 0 Å². The highest BCUT2D eigenvalue weighted by Crippen LogP contribution is 2.31. The second-order valence-electron chi connectivity index (χ2n) is 9.24. The highest BCUT2D eigenvalue weighted by molar-refractivity contribution is 7.88. The molecule has 3 N–H and O–H groups in total. The van der Waals surface area contributed by atoms with E-state index in [1.807, 2.05) is 30.0 Å². The van der Waals surface area contributed by atoms with Crippen molar-refractivity contribution in [2.45, 2.75) is 51.6 Å². The van der Waals surface area contributed by atoms with Crippen LogP contribution in [0.15, 0.2) is 24.4 Å². The number of aromatic nitrogens is 2. The van der Waals surface area contributed by atoms with Gasteiger partial charge in [-0.1, -0.05) is 24.4 Å². The lowest BCUT2D eigenvalue weighted by Crippen LogP contribution is -2.48. The molecule has 0 radical (unpaired) electrons. The number of nitrogens with one attached hydrogen (secondary N) is 3. The molecule has 1 aliphatic carbocycles. The Labute approximate surface area is 217 Å². The summed E-state index contributed by atoms with van der Waals surface area (Å²) in [5.41, 5.74) is 2.32. The van der Waals surface area contributed by atoms with Gasteiger partial charge in [-0.05, 0) is 44.9 Å². The summed E-state index contributed by atoms with van der Waals surface area (Å²) in [4.78, 5) is 25.9. The normalized spacial score (nSPS) is 20.6. The quantitative estimate of drug-likeness (QED) is 0.470. The molecule has 10 nitrogen and oxygen atoms in total. The number of anilines is 4. The zero-order valence-corrected chi connectivity index (χ0v) is 22.5. The van der Waals surface area contributed by atoms with Crippen LogP contribution in [-0.4, -0.2) is 73.7 Å². The maximum Gasteiger partial charge on any atom is 0.256 e. The number of carbonyl (C=O) groups is 1. The summed E-state index contributed by atoms with van der Waals surface area (Å²) in [6.07, 6.45) is 6.19. The lowest BCUT2D eigenvalue weighted by Gasteiger charge is -2.32. The minimum atomic E-state index is -3.33. The van der Waals surface area contributed by atoms with E-state index < -0.39 is 10.0 Å². The number of likely N-dealkylation sites (N-methyl/N-ethyl adjacent to an activating group) is 2. The molecule has 196 valence electrons. The Morgan fingerprint density at radius 2 is 1.78 bits per heavy atom. The number of hydrogen-bond acceptors (Lipinski definition) is 8. The van der Waals surface area contributed by atoms with Crippen LogP contribution < -0.4 is 20.3 Å². The molecular formula is C24H34ClN7O3S. The van der Waals surface area contributed by atoms with Gasteiger partial charge >= 0.3 is 0 Å².